The molecule has 0 radical (unpaired) electrons. The van der Waals surface area contributed by atoms with Crippen LogP contribution in [0.3, 0.4) is 0 Å². The molecular weight excluding hydrogens is 300 g/mol. The number of hydrogen-bond donors (Lipinski definition) is 3. The maximum absolute atomic E-state index is 12.9. The van der Waals surface area contributed by atoms with Gasteiger partial charge in [0.15, 0.2) is 11.6 Å². The first-order chi connectivity index (χ1) is 11.1. The highest BCUT2D eigenvalue weighted by Crippen LogP contribution is 2.28. The summed E-state index contributed by atoms with van der Waals surface area (Å²) < 4.78 is 25.8. The lowest BCUT2D eigenvalue weighted by Crippen LogP contribution is -2.05. The maximum atomic E-state index is 12.9. The Kier molecular flexibility index (Phi) is 4.01. The van der Waals surface area contributed by atoms with Gasteiger partial charge in [0.1, 0.15) is 23.6 Å². The van der Waals surface area contributed by atoms with Gasteiger partial charge in [-0.2, -0.15) is 0 Å². The summed E-state index contributed by atoms with van der Waals surface area (Å²) in [5.41, 5.74) is 7.62. The number of aromatic nitrogens is 2. The highest BCUT2D eigenvalue weighted by atomic mass is 19.1. The van der Waals surface area contributed by atoms with E-state index in [-0.39, 0.29) is 11.6 Å². The molecule has 1 heterocycles. The van der Waals surface area contributed by atoms with Gasteiger partial charge in [0, 0.05) is 11.4 Å². The quantitative estimate of drug-likeness (QED) is 0.682. The van der Waals surface area contributed by atoms with Gasteiger partial charge in [-0.05, 0) is 48.5 Å². The van der Waals surface area contributed by atoms with Crippen LogP contribution in [0.25, 0.3) is 0 Å². The summed E-state index contributed by atoms with van der Waals surface area (Å²) >= 11 is 0. The number of nitrogens with zero attached hydrogens (tertiary/aromatic N) is 2. The molecule has 0 fully saturated rings. The second-order valence-corrected chi connectivity index (χ2v) is 4.75. The van der Waals surface area contributed by atoms with Crippen molar-refractivity contribution >= 4 is 28.7 Å². The van der Waals surface area contributed by atoms with Crippen molar-refractivity contribution in [3.8, 4) is 0 Å². The normalized spacial score (nSPS) is 10.3. The Morgan fingerprint density at radius 1 is 0.696 bits per heavy atom. The van der Waals surface area contributed by atoms with Gasteiger partial charge in [0.05, 0.1) is 0 Å². The van der Waals surface area contributed by atoms with E-state index < -0.39 is 0 Å². The monoisotopic (exact) mass is 313 g/mol. The van der Waals surface area contributed by atoms with Crippen LogP contribution in [0, 0.1) is 11.6 Å². The van der Waals surface area contributed by atoms with Gasteiger partial charge < -0.3 is 16.4 Å². The minimum absolute atomic E-state index is 0.293. The van der Waals surface area contributed by atoms with E-state index in [0.29, 0.717) is 28.7 Å². The molecule has 2 aromatic carbocycles. The van der Waals surface area contributed by atoms with Gasteiger partial charge in [0.25, 0.3) is 0 Å². The van der Waals surface area contributed by atoms with Crippen LogP contribution in [0.15, 0.2) is 54.9 Å². The molecule has 5 nitrogen and oxygen atoms in total. The molecule has 4 N–H and O–H groups in total. The van der Waals surface area contributed by atoms with E-state index in [2.05, 4.69) is 20.6 Å². The van der Waals surface area contributed by atoms with Crippen LogP contribution in [0.1, 0.15) is 0 Å². The fourth-order valence-electron chi connectivity index (χ4n) is 1.93. The molecule has 0 atom stereocenters. The van der Waals surface area contributed by atoms with Crippen LogP contribution in [0.4, 0.5) is 37.5 Å². The van der Waals surface area contributed by atoms with Crippen LogP contribution >= 0.6 is 0 Å². The van der Waals surface area contributed by atoms with E-state index in [0.717, 1.165) is 0 Å². The van der Waals surface area contributed by atoms with E-state index in [4.69, 9.17) is 5.73 Å². The Bertz CT molecular complexity index is 738. The van der Waals surface area contributed by atoms with Gasteiger partial charge in [-0.15, -0.1) is 0 Å². The number of halogens is 2. The summed E-state index contributed by atoms with van der Waals surface area (Å²) in [5.74, 6) is 0.113. The fraction of sp³-hybridized carbons (Fsp3) is 0. The first-order valence-corrected chi connectivity index (χ1v) is 6.77. The molecule has 116 valence electrons. The van der Waals surface area contributed by atoms with Crippen molar-refractivity contribution in [2.75, 3.05) is 16.4 Å². The van der Waals surface area contributed by atoms with Crippen LogP contribution < -0.4 is 16.4 Å². The molecule has 0 amide bonds. The molecule has 0 aliphatic rings. The molecular formula is C16H13F2N5. The lowest BCUT2D eigenvalue weighted by molar-refractivity contribution is 0.627. The van der Waals surface area contributed by atoms with Crippen molar-refractivity contribution in [1.82, 2.24) is 9.97 Å². The second-order valence-electron chi connectivity index (χ2n) is 4.75. The largest absolute Gasteiger partial charge is 0.393 e. The van der Waals surface area contributed by atoms with Crippen molar-refractivity contribution in [2.45, 2.75) is 0 Å². The zero-order valence-corrected chi connectivity index (χ0v) is 11.9. The van der Waals surface area contributed by atoms with E-state index in [9.17, 15) is 8.78 Å². The lowest BCUT2D eigenvalue weighted by atomic mass is 10.3. The third-order valence-corrected chi connectivity index (χ3v) is 3.10. The Labute approximate surface area is 131 Å². The van der Waals surface area contributed by atoms with Crippen LogP contribution in [-0.2, 0) is 0 Å². The highest BCUT2D eigenvalue weighted by Gasteiger charge is 2.09. The molecule has 0 aliphatic heterocycles. The minimum Gasteiger partial charge on any atom is -0.393 e. The Morgan fingerprint density at radius 3 is 1.48 bits per heavy atom. The first kappa shape index (κ1) is 14.7. The molecule has 1 aromatic heterocycles. The third-order valence-electron chi connectivity index (χ3n) is 3.10. The highest BCUT2D eigenvalue weighted by molar-refractivity contribution is 5.80. The maximum Gasteiger partial charge on any atom is 0.159 e. The smallest absolute Gasteiger partial charge is 0.159 e. The van der Waals surface area contributed by atoms with E-state index >= 15 is 0 Å². The molecule has 0 spiro atoms. The van der Waals surface area contributed by atoms with E-state index in [1.165, 1.54) is 30.6 Å². The van der Waals surface area contributed by atoms with E-state index in [1.54, 1.807) is 24.3 Å². The van der Waals surface area contributed by atoms with Crippen molar-refractivity contribution in [3.05, 3.63) is 66.5 Å². The number of nitrogens with two attached hydrogens (primary N) is 1. The number of hydrogen-bond acceptors (Lipinski definition) is 5. The van der Waals surface area contributed by atoms with Crippen LogP contribution in [-0.4, -0.2) is 9.97 Å². The first-order valence-electron chi connectivity index (χ1n) is 6.77. The second kappa shape index (κ2) is 6.27. The summed E-state index contributed by atoms with van der Waals surface area (Å²) in [6, 6.07) is 11.6. The minimum atomic E-state index is -0.329. The Hall–Kier alpha value is -3.22. The molecule has 0 unspecified atom stereocenters. The van der Waals surface area contributed by atoms with Crippen molar-refractivity contribution in [1.29, 1.82) is 0 Å². The number of rotatable bonds is 4. The molecule has 0 saturated heterocycles. The zero-order chi connectivity index (χ0) is 16.2. The van der Waals surface area contributed by atoms with E-state index in [1.807, 2.05) is 0 Å². The standard InChI is InChI=1S/C16H13F2N5/c17-10-1-5-12(6-2-10)22-15-14(19)16(21-9-20-15)23-13-7-3-11(18)4-8-13/h1-9H,19H2,(H2,20,21,22,23). The molecule has 0 bridgehead atoms. The van der Waals surface area contributed by atoms with Gasteiger partial charge >= 0.3 is 0 Å². The summed E-state index contributed by atoms with van der Waals surface area (Å²) in [6.07, 6.45) is 1.34. The average Bonchev–Trinajstić information content (AvgIpc) is 2.55. The summed E-state index contributed by atoms with van der Waals surface area (Å²) in [7, 11) is 0. The third kappa shape index (κ3) is 3.52. The summed E-state index contributed by atoms with van der Waals surface area (Å²) in [4.78, 5) is 8.14. The van der Waals surface area contributed by atoms with Gasteiger partial charge in [-0.1, -0.05) is 0 Å². The number of benzene rings is 2. The molecule has 7 heteroatoms. The number of nitrogens with one attached hydrogen (secondary N) is 2. The van der Waals surface area contributed by atoms with Crippen molar-refractivity contribution < 1.29 is 8.78 Å². The Balaban J connectivity index is 1.83. The van der Waals surface area contributed by atoms with Gasteiger partial charge in [0.2, 0.25) is 0 Å². The average molecular weight is 313 g/mol. The van der Waals surface area contributed by atoms with Crippen molar-refractivity contribution in [3.63, 3.8) is 0 Å². The number of nitrogen functional groups attached to an aromatic ring is 1. The molecule has 3 rings (SSSR count). The van der Waals surface area contributed by atoms with Crippen molar-refractivity contribution in [2.24, 2.45) is 0 Å². The predicted molar refractivity (Wildman–Crippen MR) is 85.8 cm³/mol. The summed E-state index contributed by atoms with van der Waals surface area (Å²) in [6.45, 7) is 0. The zero-order valence-electron chi connectivity index (χ0n) is 11.9. The van der Waals surface area contributed by atoms with Crippen LogP contribution in [0.5, 0.6) is 0 Å². The van der Waals surface area contributed by atoms with Crippen LogP contribution in [0.2, 0.25) is 0 Å². The molecule has 3 aromatic rings. The Morgan fingerprint density at radius 2 is 1.09 bits per heavy atom. The summed E-state index contributed by atoms with van der Waals surface area (Å²) in [5, 5.41) is 5.98. The SMILES string of the molecule is Nc1c(Nc2ccc(F)cc2)ncnc1Nc1ccc(F)cc1. The van der Waals surface area contributed by atoms with Gasteiger partial charge in [-0.3, -0.25) is 0 Å². The number of anilines is 5. The molecule has 23 heavy (non-hydrogen) atoms. The molecule has 0 saturated carbocycles. The fourth-order valence-corrected chi connectivity index (χ4v) is 1.93. The van der Waals surface area contributed by atoms with Gasteiger partial charge in [-0.25, -0.2) is 18.7 Å². The molecule has 0 aliphatic carbocycles. The lowest BCUT2D eigenvalue weighted by Gasteiger charge is -2.12. The predicted octanol–water partition coefficient (Wildman–Crippen LogP) is 3.82. The topological polar surface area (TPSA) is 75.9 Å².